The van der Waals surface area contributed by atoms with Crippen LogP contribution in [0.15, 0.2) is 18.2 Å². The van der Waals surface area contributed by atoms with E-state index in [4.69, 9.17) is 10.5 Å². The minimum atomic E-state index is 0.114. The van der Waals surface area contributed by atoms with E-state index < -0.39 is 0 Å². The van der Waals surface area contributed by atoms with Crippen LogP contribution in [0.25, 0.3) is 0 Å². The number of benzene rings is 1. The van der Waals surface area contributed by atoms with Crippen LogP contribution >= 0.6 is 0 Å². The van der Waals surface area contributed by atoms with Crippen molar-refractivity contribution in [2.75, 3.05) is 20.2 Å². The molecule has 0 heterocycles. The largest absolute Gasteiger partial charge is 0.493 e. The van der Waals surface area contributed by atoms with Crippen molar-refractivity contribution in [3.63, 3.8) is 0 Å². The second kappa shape index (κ2) is 8.34. The Balaban J connectivity index is 1.74. The van der Waals surface area contributed by atoms with Crippen LogP contribution < -0.4 is 10.5 Å². The fraction of sp³-hybridized carbons (Fsp3) is 0.632. The number of nitrogens with zero attached hydrogens (tertiary/aromatic N) is 1. The molecule has 2 N–H and O–H groups in total. The molecule has 128 valence electrons. The highest BCUT2D eigenvalue weighted by Gasteiger charge is 2.27. The van der Waals surface area contributed by atoms with Crippen molar-refractivity contribution in [1.82, 2.24) is 4.90 Å². The van der Waals surface area contributed by atoms with Gasteiger partial charge in [0.1, 0.15) is 5.75 Å². The number of nitrogens with two attached hydrogens (primary N) is 1. The number of para-hydroxylation sites is 1. The fourth-order valence-electron chi connectivity index (χ4n) is 3.38. The molecule has 1 aliphatic rings. The summed E-state index contributed by atoms with van der Waals surface area (Å²) in [7, 11) is 1.89. The highest BCUT2D eigenvalue weighted by atomic mass is 16.5. The number of amides is 1. The molecular formula is C19H30N2O2. The standard InChI is InChI=1S/C19H30N2O2/c1-14-7-4-8-15(2)18(14)23-12-6-11-21(3)19(22)16-9-5-10-17(20)13-16/h4,7-8,16-17H,5-6,9-13,20H2,1-3H3/t16-,17+/m1/s1. The van der Waals surface area contributed by atoms with E-state index in [1.807, 2.05) is 18.0 Å². The van der Waals surface area contributed by atoms with Gasteiger partial charge in [0.15, 0.2) is 0 Å². The lowest BCUT2D eigenvalue weighted by Gasteiger charge is -2.29. The summed E-state index contributed by atoms with van der Waals surface area (Å²) in [4.78, 5) is 14.3. The van der Waals surface area contributed by atoms with Gasteiger partial charge in [-0.05, 0) is 50.7 Å². The van der Waals surface area contributed by atoms with Crippen molar-refractivity contribution < 1.29 is 9.53 Å². The third-order valence-corrected chi connectivity index (χ3v) is 4.73. The van der Waals surface area contributed by atoms with E-state index in [0.29, 0.717) is 6.61 Å². The Kier molecular flexibility index (Phi) is 6.46. The molecule has 1 aromatic carbocycles. The smallest absolute Gasteiger partial charge is 0.225 e. The summed E-state index contributed by atoms with van der Waals surface area (Å²) in [6.45, 7) is 5.48. The number of carbonyl (C=O) groups excluding carboxylic acids is 1. The summed E-state index contributed by atoms with van der Waals surface area (Å²) >= 11 is 0. The summed E-state index contributed by atoms with van der Waals surface area (Å²) in [5.74, 6) is 1.33. The first-order chi connectivity index (χ1) is 11.0. The van der Waals surface area contributed by atoms with Crippen molar-refractivity contribution in [2.45, 2.75) is 52.0 Å². The Morgan fingerprint density at radius 2 is 2.00 bits per heavy atom. The maximum atomic E-state index is 12.4. The van der Waals surface area contributed by atoms with Crippen LogP contribution in [0, 0.1) is 19.8 Å². The minimum Gasteiger partial charge on any atom is -0.493 e. The normalized spacial score (nSPS) is 21.0. The molecule has 0 unspecified atom stereocenters. The van der Waals surface area contributed by atoms with Gasteiger partial charge in [0.25, 0.3) is 0 Å². The van der Waals surface area contributed by atoms with Gasteiger partial charge in [0.2, 0.25) is 5.91 Å². The second-order valence-corrected chi connectivity index (χ2v) is 6.81. The minimum absolute atomic E-state index is 0.114. The average Bonchev–Trinajstić information content (AvgIpc) is 2.52. The molecule has 1 fully saturated rings. The Bertz CT molecular complexity index is 510. The third-order valence-electron chi connectivity index (χ3n) is 4.73. The molecule has 4 nitrogen and oxygen atoms in total. The lowest BCUT2D eigenvalue weighted by molar-refractivity contribution is -0.135. The van der Waals surface area contributed by atoms with Crippen LogP contribution in [0.1, 0.15) is 43.2 Å². The van der Waals surface area contributed by atoms with Crippen molar-refractivity contribution >= 4 is 5.91 Å². The molecule has 0 saturated heterocycles. The Morgan fingerprint density at radius 1 is 1.30 bits per heavy atom. The topological polar surface area (TPSA) is 55.6 Å². The van der Waals surface area contributed by atoms with Gasteiger partial charge in [0.05, 0.1) is 6.61 Å². The molecule has 0 aliphatic heterocycles. The van der Waals surface area contributed by atoms with Gasteiger partial charge in [-0.15, -0.1) is 0 Å². The van der Waals surface area contributed by atoms with Crippen molar-refractivity contribution in [3.8, 4) is 5.75 Å². The number of carbonyl (C=O) groups is 1. The van der Waals surface area contributed by atoms with Gasteiger partial charge in [0, 0.05) is 25.6 Å². The van der Waals surface area contributed by atoms with E-state index in [9.17, 15) is 4.79 Å². The molecule has 0 radical (unpaired) electrons. The van der Waals surface area contributed by atoms with Gasteiger partial charge < -0.3 is 15.4 Å². The zero-order valence-corrected chi connectivity index (χ0v) is 14.7. The van der Waals surface area contributed by atoms with Crippen LogP contribution in [0.3, 0.4) is 0 Å². The van der Waals surface area contributed by atoms with Gasteiger partial charge in [-0.2, -0.15) is 0 Å². The predicted molar refractivity (Wildman–Crippen MR) is 93.6 cm³/mol. The van der Waals surface area contributed by atoms with E-state index in [1.54, 1.807) is 0 Å². The summed E-state index contributed by atoms with van der Waals surface area (Å²) in [6.07, 6.45) is 4.78. The number of hydrogen-bond acceptors (Lipinski definition) is 3. The first-order valence-corrected chi connectivity index (χ1v) is 8.68. The van der Waals surface area contributed by atoms with Crippen LogP contribution in [0.5, 0.6) is 5.75 Å². The molecule has 2 rings (SSSR count). The first-order valence-electron chi connectivity index (χ1n) is 8.68. The van der Waals surface area contributed by atoms with Crippen molar-refractivity contribution in [3.05, 3.63) is 29.3 Å². The van der Waals surface area contributed by atoms with E-state index in [-0.39, 0.29) is 17.9 Å². The summed E-state index contributed by atoms with van der Waals surface area (Å²) in [6, 6.07) is 6.35. The summed E-state index contributed by atoms with van der Waals surface area (Å²) < 4.78 is 5.90. The second-order valence-electron chi connectivity index (χ2n) is 6.81. The average molecular weight is 318 g/mol. The quantitative estimate of drug-likeness (QED) is 0.820. The predicted octanol–water partition coefficient (Wildman–Crippen LogP) is 3.05. The van der Waals surface area contributed by atoms with Crippen molar-refractivity contribution in [1.29, 1.82) is 0 Å². The molecule has 1 amide bonds. The summed E-state index contributed by atoms with van der Waals surface area (Å²) in [5.41, 5.74) is 8.30. The maximum Gasteiger partial charge on any atom is 0.225 e. The lowest BCUT2D eigenvalue weighted by atomic mass is 9.85. The zero-order chi connectivity index (χ0) is 16.8. The molecule has 1 saturated carbocycles. The molecule has 0 spiro atoms. The van der Waals surface area contributed by atoms with Gasteiger partial charge in [-0.3, -0.25) is 4.79 Å². The molecule has 4 heteroatoms. The number of hydrogen-bond donors (Lipinski definition) is 1. The number of ether oxygens (including phenoxy) is 1. The Hall–Kier alpha value is -1.55. The highest BCUT2D eigenvalue weighted by molar-refractivity contribution is 5.78. The van der Waals surface area contributed by atoms with E-state index in [0.717, 1.165) is 55.5 Å². The molecule has 1 aliphatic carbocycles. The number of rotatable bonds is 6. The molecule has 0 aromatic heterocycles. The fourth-order valence-corrected chi connectivity index (χ4v) is 3.38. The molecule has 2 atom stereocenters. The van der Waals surface area contributed by atoms with E-state index in [2.05, 4.69) is 26.0 Å². The molecule has 1 aromatic rings. The van der Waals surface area contributed by atoms with Gasteiger partial charge >= 0.3 is 0 Å². The zero-order valence-electron chi connectivity index (χ0n) is 14.7. The van der Waals surface area contributed by atoms with Crippen LogP contribution in [-0.2, 0) is 4.79 Å². The van der Waals surface area contributed by atoms with Gasteiger partial charge in [-0.25, -0.2) is 0 Å². The Labute approximate surface area is 140 Å². The lowest BCUT2D eigenvalue weighted by Crippen LogP contribution is -2.39. The van der Waals surface area contributed by atoms with Crippen LogP contribution in [0.2, 0.25) is 0 Å². The van der Waals surface area contributed by atoms with Crippen LogP contribution in [-0.4, -0.2) is 37.0 Å². The number of aryl methyl sites for hydroxylation is 2. The third kappa shape index (κ3) is 4.96. The molecule has 23 heavy (non-hydrogen) atoms. The summed E-state index contributed by atoms with van der Waals surface area (Å²) in [5, 5.41) is 0. The van der Waals surface area contributed by atoms with Crippen LogP contribution in [0.4, 0.5) is 0 Å². The van der Waals surface area contributed by atoms with E-state index in [1.165, 1.54) is 0 Å². The highest BCUT2D eigenvalue weighted by Crippen LogP contribution is 2.25. The SMILES string of the molecule is Cc1cccc(C)c1OCCCN(C)C(=O)[C@@H]1CCC[C@H](N)C1. The van der Waals surface area contributed by atoms with Gasteiger partial charge in [-0.1, -0.05) is 24.6 Å². The molecule has 0 bridgehead atoms. The molecular weight excluding hydrogens is 288 g/mol. The monoisotopic (exact) mass is 318 g/mol. The maximum absolute atomic E-state index is 12.4. The van der Waals surface area contributed by atoms with Crippen molar-refractivity contribution in [2.24, 2.45) is 11.7 Å². The Morgan fingerprint density at radius 3 is 2.65 bits per heavy atom. The first kappa shape index (κ1) is 17.8. The van der Waals surface area contributed by atoms with E-state index >= 15 is 0 Å².